The number of hydrogen-bond acceptors (Lipinski definition) is 4. The maximum atomic E-state index is 12.1. The Balaban J connectivity index is 2.09. The standard InChI is InChI=1S/C13H18N2O3S/c14-10(9-5-4-8-19-9)11(16)15-13(12(17)18)6-2-1-3-7-13/h4-5,8,10H,1-3,6-7,14H2,(H,15,16)(H,17,18). The van der Waals surface area contributed by atoms with Crippen LogP contribution < -0.4 is 11.1 Å². The van der Waals surface area contributed by atoms with Gasteiger partial charge in [-0.1, -0.05) is 25.3 Å². The van der Waals surface area contributed by atoms with Crippen molar-refractivity contribution in [2.75, 3.05) is 0 Å². The predicted molar refractivity (Wildman–Crippen MR) is 72.8 cm³/mol. The monoisotopic (exact) mass is 282 g/mol. The van der Waals surface area contributed by atoms with Gasteiger partial charge in [0.25, 0.3) is 0 Å². The second-order valence-corrected chi connectivity index (χ2v) is 5.91. The predicted octanol–water partition coefficient (Wildman–Crippen LogP) is 1.65. The molecule has 1 aromatic heterocycles. The fourth-order valence-electron chi connectivity index (χ4n) is 2.46. The number of amides is 1. The van der Waals surface area contributed by atoms with Crippen molar-refractivity contribution < 1.29 is 14.7 Å². The Morgan fingerprint density at radius 1 is 1.37 bits per heavy atom. The Labute approximate surface area is 115 Å². The van der Waals surface area contributed by atoms with Gasteiger partial charge in [0.1, 0.15) is 11.6 Å². The molecule has 0 radical (unpaired) electrons. The Hall–Kier alpha value is -1.40. The van der Waals surface area contributed by atoms with E-state index in [-0.39, 0.29) is 0 Å². The minimum atomic E-state index is -1.13. The summed E-state index contributed by atoms with van der Waals surface area (Å²) in [5, 5.41) is 13.9. The van der Waals surface area contributed by atoms with Crippen LogP contribution in [0.5, 0.6) is 0 Å². The minimum absolute atomic E-state index is 0.410. The van der Waals surface area contributed by atoms with Gasteiger partial charge in [-0.25, -0.2) is 4.79 Å². The molecular formula is C13H18N2O3S. The third-order valence-electron chi connectivity index (χ3n) is 3.61. The van der Waals surface area contributed by atoms with E-state index in [9.17, 15) is 14.7 Å². The van der Waals surface area contributed by atoms with Gasteiger partial charge >= 0.3 is 5.97 Å². The summed E-state index contributed by atoms with van der Waals surface area (Å²) in [5.74, 6) is -1.37. The summed E-state index contributed by atoms with van der Waals surface area (Å²) < 4.78 is 0. The van der Waals surface area contributed by atoms with Crippen LogP contribution in [0.4, 0.5) is 0 Å². The normalized spacial score (nSPS) is 19.6. The maximum Gasteiger partial charge on any atom is 0.329 e. The molecule has 1 amide bonds. The van der Waals surface area contributed by atoms with Crippen molar-refractivity contribution in [2.45, 2.75) is 43.7 Å². The number of carboxylic acids is 1. The van der Waals surface area contributed by atoms with Gasteiger partial charge in [0.05, 0.1) is 0 Å². The van der Waals surface area contributed by atoms with Crippen LogP contribution in [-0.4, -0.2) is 22.5 Å². The number of carbonyl (C=O) groups excluding carboxylic acids is 1. The van der Waals surface area contributed by atoms with Gasteiger partial charge < -0.3 is 16.2 Å². The van der Waals surface area contributed by atoms with Crippen molar-refractivity contribution in [3.8, 4) is 0 Å². The smallest absolute Gasteiger partial charge is 0.329 e. The molecule has 1 saturated carbocycles. The number of thiophene rings is 1. The molecule has 0 aromatic carbocycles. The largest absolute Gasteiger partial charge is 0.480 e. The van der Waals surface area contributed by atoms with Crippen molar-refractivity contribution in [2.24, 2.45) is 5.73 Å². The summed E-state index contributed by atoms with van der Waals surface area (Å²) in [7, 11) is 0. The van der Waals surface area contributed by atoms with Crippen LogP contribution >= 0.6 is 11.3 Å². The minimum Gasteiger partial charge on any atom is -0.480 e. The molecule has 0 spiro atoms. The number of rotatable bonds is 4. The van der Waals surface area contributed by atoms with Crippen molar-refractivity contribution in [3.05, 3.63) is 22.4 Å². The number of nitrogens with one attached hydrogen (secondary N) is 1. The summed E-state index contributed by atoms with van der Waals surface area (Å²) in [6.07, 6.45) is 3.61. The van der Waals surface area contributed by atoms with Crippen LogP contribution in [0.1, 0.15) is 43.0 Å². The quantitative estimate of drug-likeness (QED) is 0.783. The topological polar surface area (TPSA) is 92.4 Å². The maximum absolute atomic E-state index is 12.1. The Bertz CT molecular complexity index is 452. The van der Waals surface area contributed by atoms with Gasteiger partial charge in [0, 0.05) is 4.88 Å². The van der Waals surface area contributed by atoms with Crippen LogP contribution in [0, 0.1) is 0 Å². The molecule has 0 bridgehead atoms. The highest BCUT2D eigenvalue weighted by molar-refractivity contribution is 7.10. The van der Waals surface area contributed by atoms with Gasteiger partial charge in [0.15, 0.2) is 0 Å². The molecule has 4 N–H and O–H groups in total. The first-order valence-electron chi connectivity index (χ1n) is 6.39. The number of nitrogens with two attached hydrogens (primary N) is 1. The van der Waals surface area contributed by atoms with E-state index in [1.165, 1.54) is 11.3 Å². The molecule has 1 aliphatic carbocycles. The molecule has 1 unspecified atom stereocenters. The van der Waals surface area contributed by atoms with E-state index < -0.39 is 23.5 Å². The lowest BCUT2D eigenvalue weighted by atomic mass is 9.81. The zero-order valence-electron chi connectivity index (χ0n) is 10.6. The highest BCUT2D eigenvalue weighted by Gasteiger charge is 2.41. The zero-order valence-corrected chi connectivity index (χ0v) is 11.4. The molecule has 2 rings (SSSR count). The van der Waals surface area contributed by atoms with Crippen molar-refractivity contribution in [1.29, 1.82) is 0 Å². The summed E-state index contributed by atoms with van der Waals surface area (Å²) >= 11 is 1.40. The summed E-state index contributed by atoms with van der Waals surface area (Å²) in [5.41, 5.74) is 4.73. The molecule has 1 aromatic rings. The number of carboxylic acid groups (broad SMARTS) is 1. The van der Waals surface area contributed by atoms with Crippen LogP contribution in [0.3, 0.4) is 0 Å². The van der Waals surface area contributed by atoms with Gasteiger partial charge in [0.2, 0.25) is 5.91 Å². The lowest BCUT2D eigenvalue weighted by Crippen LogP contribution is -2.57. The van der Waals surface area contributed by atoms with Gasteiger partial charge in [-0.3, -0.25) is 4.79 Å². The summed E-state index contributed by atoms with van der Waals surface area (Å²) in [4.78, 5) is 24.3. The number of hydrogen-bond donors (Lipinski definition) is 3. The second kappa shape index (κ2) is 5.71. The molecule has 1 heterocycles. The second-order valence-electron chi connectivity index (χ2n) is 4.93. The Morgan fingerprint density at radius 2 is 2.05 bits per heavy atom. The van der Waals surface area contributed by atoms with E-state index >= 15 is 0 Å². The van der Waals surface area contributed by atoms with Gasteiger partial charge in [-0.2, -0.15) is 0 Å². The van der Waals surface area contributed by atoms with E-state index in [1.807, 2.05) is 11.4 Å². The molecule has 6 heteroatoms. The van der Waals surface area contributed by atoms with Crippen molar-refractivity contribution in [3.63, 3.8) is 0 Å². The highest BCUT2D eigenvalue weighted by Crippen LogP contribution is 2.29. The first-order chi connectivity index (χ1) is 9.05. The number of aliphatic carboxylic acids is 1. The molecule has 0 saturated heterocycles. The molecular weight excluding hydrogens is 264 g/mol. The zero-order chi connectivity index (χ0) is 13.9. The molecule has 1 aliphatic rings. The summed E-state index contributed by atoms with van der Waals surface area (Å²) in [6.45, 7) is 0. The van der Waals surface area contributed by atoms with E-state index in [0.717, 1.165) is 24.1 Å². The van der Waals surface area contributed by atoms with E-state index in [2.05, 4.69) is 5.32 Å². The van der Waals surface area contributed by atoms with E-state index in [0.29, 0.717) is 12.8 Å². The molecule has 0 aliphatic heterocycles. The van der Waals surface area contributed by atoms with Crippen molar-refractivity contribution in [1.82, 2.24) is 5.32 Å². The van der Waals surface area contributed by atoms with Gasteiger partial charge in [-0.15, -0.1) is 11.3 Å². The van der Waals surface area contributed by atoms with Crippen LogP contribution in [0.15, 0.2) is 17.5 Å². The van der Waals surface area contributed by atoms with E-state index in [4.69, 9.17) is 5.73 Å². The Kier molecular flexibility index (Phi) is 4.21. The number of carbonyl (C=O) groups is 2. The SMILES string of the molecule is NC(C(=O)NC1(C(=O)O)CCCCC1)c1cccs1. The van der Waals surface area contributed by atoms with Crippen LogP contribution in [-0.2, 0) is 9.59 Å². The van der Waals surface area contributed by atoms with Crippen LogP contribution in [0.2, 0.25) is 0 Å². The average molecular weight is 282 g/mol. The molecule has 5 nitrogen and oxygen atoms in total. The highest BCUT2D eigenvalue weighted by atomic mass is 32.1. The fraction of sp³-hybridized carbons (Fsp3) is 0.538. The van der Waals surface area contributed by atoms with E-state index in [1.54, 1.807) is 6.07 Å². The van der Waals surface area contributed by atoms with Crippen molar-refractivity contribution >= 4 is 23.2 Å². The first-order valence-corrected chi connectivity index (χ1v) is 7.27. The molecule has 1 atom stereocenters. The lowest BCUT2D eigenvalue weighted by Gasteiger charge is -2.34. The fourth-order valence-corrected chi connectivity index (χ4v) is 3.18. The third-order valence-corrected chi connectivity index (χ3v) is 4.57. The summed E-state index contributed by atoms with van der Waals surface area (Å²) in [6, 6.07) is 2.81. The first kappa shape index (κ1) is 14.0. The molecule has 104 valence electrons. The lowest BCUT2D eigenvalue weighted by molar-refractivity contribution is -0.149. The van der Waals surface area contributed by atoms with Gasteiger partial charge in [-0.05, 0) is 24.3 Å². The average Bonchev–Trinajstić information content (AvgIpc) is 2.92. The van der Waals surface area contributed by atoms with Crippen LogP contribution in [0.25, 0.3) is 0 Å². The third kappa shape index (κ3) is 2.96. The molecule has 19 heavy (non-hydrogen) atoms. The molecule has 1 fully saturated rings. The Morgan fingerprint density at radius 3 is 2.58 bits per heavy atom.